The molecule has 2 saturated carbocycles. The molecule has 6 atom stereocenters. The van der Waals surface area contributed by atoms with Crippen LogP contribution < -0.4 is 17.2 Å². The molecule has 0 amide bonds. The molecule has 0 aromatic heterocycles. The van der Waals surface area contributed by atoms with Crippen molar-refractivity contribution >= 4 is 0 Å². The van der Waals surface area contributed by atoms with Gasteiger partial charge in [0.2, 0.25) is 0 Å². The molecule has 6 nitrogen and oxygen atoms in total. The van der Waals surface area contributed by atoms with Gasteiger partial charge in [0.1, 0.15) is 6.10 Å². The zero-order valence-electron chi connectivity index (χ0n) is 12.8. The third kappa shape index (κ3) is 5.81. The lowest BCUT2D eigenvalue weighted by Crippen LogP contribution is -2.55. The van der Waals surface area contributed by atoms with Gasteiger partial charge < -0.3 is 31.8 Å². The van der Waals surface area contributed by atoms with Crippen LogP contribution in [0.3, 0.4) is 0 Å². The van der Waals surface area contributed by atoms with E-state index >= 15 is 0 Å². The third-order valence-electron chi connectivity index (χ3n) is 4.16. The molecule has 0 aromatic carbocycles. The van der Waals surface area contributed by atoms with Crippen molar-refractivity contribution in [1.29, 1.82) is 0 Å². The third-order valence-corrected chi connectivity index (χ3v) is 4.16. The monoisotopic (exact) mass is 301 g/mol. The predicted octanol–water partition coefficient (Wildman–Crippen LogP) is 0.205. The maximum Gasteiger partial charge on any atom is 0.158 e. The van der Waals surface area contributed by atoms with Gasteiger partial charge in [-0.05, 0) is 32.1 Å². The minimum atomic E-state index is -0.606. The fraction of sp³-hybridized carbons (Fsp3) is 1.00. The van der Waals surface area contributed by atoms with Crippen LogP contribution in [0.15, 0.2) is 0 Å². The highest BCUT2D eigenvalue weighted by Gasteiger charge is 2.37. The maximum absolute atomic E-state index is 10.00. The molecule has 124 valence electrons. The SMILES string of the molecule is C1CC1.NCC1CCC[C@@H](O[C@@H]2C(N)CC(N)CC2O)O1. The molecule has 3 rings (SSSR count). The van der Waals surface area contributed by atoms with Gasteiger partial charge in [0.05, 0.1) is 12.2 Å². The molecule has 2 aliphatic carbocycles. The van der Waals surface area contributed by atoms with Crippen molar-refractivity contribution in [1.82, 2.24) is 0 Å². The summed E-state index contributed by atoms with van der Waals surface area (Å²) >= 11 is 0. The van der Waals surface area contributed by atoms with E-state index in [-0.39, 0.29) is 30.6 Å². The fourth-order valence-electron chi connectivity index (χ4n) is 2.81. The van der Waals surface area contributed by atoms with E-state index in [1.54, 1.807) is 0 Å². The van der Waals surface area contributed by atoms with E-state index in [0.717, 1.165) is 19.3 Å². The van der Waals surface area contributed by atoms with Crippen LogP contribution in [-0.4, -0.2) is 48.3 Å². The first-order valence-corrected chi connectivity index (χ1v) is 8.30. The number of aliphatic hydroxyl groups is 1. The molecular weight excluding hydrogens is 270 g/mol. The van der Waals surface area contributed by atoms with Gasteiger partial charge in [0.25, 0.3) is 0 Å². The summed E-state index contributed by atoms with van der Waals surface area (Å²) in [7, 11) is 0. The Morgan fingerprint density at radius 1 is 1.05 bits per heavy atom. The molecule has 1 saturated heterocycles. The minimum Gasteiger partial charge on any atom is -0.390 e. The molecule has 0 bridgehead atoms. The van der Waals surface area contributed by atoms with E-state index in [2.05, 4.69) is 0 Å². The Balaban J connectivity index is 0.000000477. The molecule has 0 radical (unpaired) electrons. The van der Waals surface area contributed by atoms with Crippen molar-refractivity contribution in [2.24, 2.45) is 17.2 Å². The second-order valence-electron chi connectivity index (χ2n) is 6.48. The topological polar surface area (TPSA) is 117 Å². The Bertz CT molecular complexity index is 289. The van der Waals surface area contributed by atoms with Crippen LogP contribution in [0.4, 0.5) is 0 Å². The smallest absolute Gasteiger partial charge is 0.158 e. The van der Waals surface area contributed by atoms with E-state index in [4.69, 9.17) is 26.7 Å². The van der Waals surface area contributed by atoms with Gasteiger partial charge in [0, 0.05) is 18.6 Å². The maximum atomic E-state index is 10.00. The number of ether oxygens (including phenoxy) is 2. The summed E-state index contributed by atoms with van der Waals surface area (Å²) in [6.07, 6.45) is 7.32. The van der Waals surface area contributed by atoms with Crippen LogP contribution >= 0.6 is 0 Å². The molecule has 4 unspecified atom stereocenters. The summed E-state index contributed by atoms with van der Waals surface area (Å²) in [4.78, 5) is 0. The summed E-state index contributed by atoms with van der Waals surface area (Å²) in [5.74, 6) is 0. The first-order valence-electron chi connectivity index (χ1n) is 8.30. The molecule has 7 N–H and O–H groups in total. The van der Waals surface area contributed by atoms with Crippen LogP contribution in [0, 0.1) is 0 Å². The Hall–Kier alpha value is -0.240. The molecule has 3 fully saturated rings. The zero-order chi connectivity index (χ0) is 15.2. The molecule has 3 aliphatic rings. The van der Waals surface area contributed by atoms with Crippen molar-refractivity contribution < 1.29 is 14.6 Å². The lowest BCUT2D eigenvalue weighted by atomic mass is 9.87. The molecule has 1 heterocycles. The highest BCUT2D eigenvalue weighted by atomic mass is 16.7. The Morgan fingerprint density at radius 3 is 2.33 bits per heavy atom. The number of rotatable bonds is 3. The molecule has 21 heavy (non-hydrogen) atoms. The Labute approximate surface area is 127 Å². The average molecular weight is 301 g/mol. The largest absolute Gasteiger partial charge is 0.390 e. The van der Waals surface area contributed by atoms with Crippen LogP contribution in [0.1, 0.15) is 51.4 Å². The molecule has 1 aliphatic heterocycles. The van der Waals surface area contributed by atoms with Crippen molar-refractivity contribution in [3.8, 4) is 0 Å². The molecular formula is C15H31N3O3. The quantitative estimate of drug-likeness (QED) is 0.592. The standard InChI is InChI=1S/C12H25N3O3.C3H6/c13-6-8-2-1-3-11(17-8)18-12-9(15)4-7(14)5-10(12)16;1-2-3-1/h7-12,16H,1-6,13-15H2;1-3H2/t7?,8?,9?,10?,11-,12-;/m1./s1. The first kappa shape index (κ1) is 17.1. The second-order valence-corrected chi connectivity index (χ2v) is 6.48. The van der Waals surface area contributed by atoms with Crippen molar-refractivity contribution in [2.75, 3.05) is 6.54 Å². The van der Waals surface area contributed by atoms with Gasteiger partial charge in [-0.2, -0.15) is 0 Å². The average Bonchev–Trinajstić information content (AvgIpc) is 3.31. The van der Waals surface area contributed by atoms with Crippen LogP contribution in [0.5, 0.6) is 0 Å². The van der Waals surface area contributed by atoms with E-state index in [1.807, 2.05) is 0 Å². The van der Waals surface area contributed by atoms with E-state index < -0.39 is 6.10 Å². The Kier molecular flexibility index (Phi) is 6.85. The first-order chi connectivity index (χ1) is 10.1. The van der Waals surface area contributed by atoms with Gasteiger partial charge in [-0.15, -0.1) is 0 Å². The lowest BCUT2D eigenvalue weighted by Gasteiger charge is -2.39. The second kappa shape index (κ2) is 8.41. The van der Waals surface area contributed by atoms with E-state index in [0.29, 0.717) is 19.4 Å². The number of hydrogen-bond donors (Lipinski definition) is 4. The number of aliphatic hydroxyl groups excluding tert-OH is 1. The number of hydrogen-bond acceptors (Lipinski definition) is 6. The van der Waals surface area contributed by atoms with Gasteiger partial charge >= 0.3 is 0 Å². The molecule has 0 aromatic rings. The summed E-state index contributed by atoms with van der Waals surface area (Å²) in [5.41, 5.74) is 17.4. The summed E-state index contributed by atoms with van der Waals surface area (Å²) < 4.78 is 11.5. The fourth-order valence-corrected chi connectivity index (χ4v) is 2.81. The summed E-state index contributed by atoms with van der Waals surface area (Å²) in [6, 6.07) is -0.274. The molecule has 6 heteroatoms. The van der Waals surface area contributed by atoms with Crippen LogP contribution in [0.25, 0.3) is 0 Å². The van der Waals surface area contributed by atoms with Gasteiger partial charge in [-0.25, -0.2) is 0 Å². The van der Waals surface area contributed by atoms with Crippen molar-refractivity contribution in [3.05, 3.63) is 0 Å². The minimum absolute atomic E-state index is 0.0427. The summed E-state index contributed by atoms with van der Waals surface area (Å²) in [5, 5.41) is 10.00. The Morgan fingerprint density at radius 2 is 1.76 bits per heavy atom. The zero-order valence-corrected chi connectivity index (χ0v) is 12.8. The van der Waals surface area contributed by atoms with Gasteiger partial charge in [-0.3, -0.25) is 0 Å². The van der Waals surface area contributed by atoms with Crippen LogP contribution in [0.2, 0.25) is 0 Å². The normalized spacial score (nSPS) is 42.9. The lowest BCUT2D eigenvalue weighted by molar-refractivity contribution is -0.235. The van der Waals surface area contributed by atoms with Gasteiger partial charge in [0.15, 0.2) is 6.29 Å². The van der Waals surface area contributed by atoms with Gasteiger partial charge in [-0.1, -0.05) is 19.3 Å². The number of nitrogens with two attached hydrogens (primary N) is 3. The van der Waals surface area contributed by atoms with E-state index in [1.165, 1.54) is 19.3 Å². The predicted molar refractivity (Wildman–Crippen MR) is 81.5 cm³/mol. The highest BCUT2D eigenvalue weighted by Crippen LogP contribution is 2.26. The highest BCUT2D eigenvalue weighted by molar-refractivity contribution is 4.91. The molecule has 0 spiro atoms. The van der Waals surface area contributed by atoms with E-state index in [9.17, 15) is 5.11 Å². The van der Waals surface area contributed by atoms with Crippen LogP contribution in [-0.2, 0) is 9.47 Å². The van der Waals surface area contributed by atoms with Crippen molar-refractivity contribution in [2.45, 2.75) is 88.1 Å². The summed E-state index contributed by atoms with van der Waals surface area (Å²) in [6.45, 7) is 0.504. The van der Waals surface area contributed by atoms with Crippen molar-refractivity contribution in [3.63, 3.8) is 0 Å².